The topological polar surface area (TPSA) is 96.0 Å². The van der Waals surface area contributed by atoms with E-state index in [1.165, 1.54) is 0 Å². The van der Waals surface area contributed by atoms with E-state index >= 15 is 0 Å². The number of carbonyl (C=O) groups excluding carboxylic acids is 1. The van der Waals surface area contributed by atoms with Crippen LogP contribution in [0.5, 0.6) is 0 Å². The zero-order valence-electron chi connectivity index (χ0n) is 12.6. The summed E-state index contributed by atoms with van der Waals surface area (Å²) in [5.74, 6) is 0.731. The number of anilines is 1. The van der Waals surface area contributed by atoms with Gasteiger partial charge in [-0.3, -0.25) is 14.9 Å². The van der Waals surface area contributed by atoms with E-state index in [9.17, 15) is 4.79 Å². The van der Waals surface area contributed by atoms with E-state index < -0.39 is 0 Å². The van der Waals surface area contributed by atoms with E-state index in [0.29, 0.717) is 25.4 Å². The Morgan fingerprint density at radius 3 is 3.17 bits per heavy atom. The first-order valence-electron chi connectivity index (χ1n) is 7.69. The molecule has 2 aromatic rings. The molecule has 0 aliphatic carbocycles. The van der Waals surface area contributed by atoms with Gasteiger partial charge in [0, 0.05) is 31.6 Å². The first-order valence-corrected chi connectivity index (χ1v) is 7.69. The van der Waals surface area contributed by atoms with Crippen molar-refractivity contribution in [2.45, 2.75) is 24.5 Å². The Labute approximate surface area is 133 Å². The second-order valence-electron chi connectivity index (χ2n) is 6.08. The van der Waals surface area contributed by atoms with Crippen molar-refractivity contribution >= 4 is 11.7 Å². The highest BCUT2D eigenvalue weighted by Gasteiger charge is 2.47. The summed E-state index contributed by atoms with van der Waals surface area (Å²) in [5.41, 5.74) is 0.268. The molecule has 4 rings (SSSR count). The molecule has 2 saturated heterocycles. The normalized spacial score (nSPS) is 26.8. The lowest BCUT2D eigenvalue weighted by Gasteiger charge is -2.23. The molecule has 2 atom stereocenters. The number of rotatable bonds is 3. The number of ether oxygens (including phenoxy) is 1. The lowest BCUT2D eigenvalue weighted by Crippen LogP contribution is -2.36. The number of hydrogen-bond donors (Lipinski definition) is 2. The highest BCUT2D eigenvalue weighted by Crippen LogP contribution is 2.36. The summed E-state index contributed by atoms with van der Waals surface area (Å²) < 4.78 is 6.05. The van der Waals surface area contributed by atoms with Gasteiger partial charge in [0.2, 0.25) is 0 Å². The predicted molar refractivity (Wildman–Crippen MR) is 81.9 cm³/mol. The van der Waals surface area contributed by atoms with Crippen molar-refractivity contribution in [3.8, 4) is 0 Å². The summed E-state index contributed by atoms with van der Waals surface area (Å²) in [5, 5.41) is 9.91. The van der Waals surface area contributed by atoms with Gasteiger partial charge < -0.3 is 15.0 Å². The van der Waals surface area contributed by atoms with Crippen LogP contribution in [-0.4, -0.2) is 62.3 Å². The molecule has 8 heteroatoms. The second kappa shape index (κ2) is 5.62. The highest BCUT2D eigenvalue weighted by molar-refractivity contribution is 5.92. The van der Waals surface area contributed by atoms with Gasteiger partial charge in [0.25, 0.3) is 5.91 Å². The predicted octanol–water partition coefficient (Wildman–Crippen LogP) is 0.685. The number of carbonyl (C=O) groups is 1. The Hall–Kier alpha value is -2.48. The Morgan fingerprint density at radius 1 is 1.43 bits per heavy atom. The number of nitrogens with one attached hydrogen (secondary N) is 2. The Morgan fingerprint density at radius 2 is 2.39 bits per heavy atom. The lowest BCUT2D eigenvalue weighted by atomic mass is 9.97. The number of likely N-dealkylation sites (tertiary alicyclic amines) is 1. The van der Waals surface area contributed by atoms with Gasteiger partial charge in [0.15, 0.2) is 0 Å². The Balaban J connectivity index is 1.38. The first-order chi connectivity index (χ1) is 11.2. The van der Waals surface area contributed by atoms with Crippen molar-refractivity contribution in [3.63, 3.8) is 0 Å². The largest absolute Gasteiger partial charge is 0.371 e. The minimum absolute atomic E-state index is 0.0201. The van der Waals surface area contributed by atoms with Crippen LogP contribution in [0.15, 0.2) is 30.9 Å². The van der Waals surface area contributed by atoms with Crippen molar-refractivity contribution in [2.75, 3.05) is 25.0 Å². The van der Waals surface area contributed by atoms with E-state index in [0.717, 1.165) is 18.7 Å². The molecule has 8 nitrogen and oxygen atoms in total. The van der Waals surface area contributed by atoms with Crippen LogP contribution in [0.25, 0.3) is 0 Å². The molecule has 23 heavy (non-hydrogen) atoms. The van der Waals surface area contributed by atoms with E-state index in [-0.39, 0.29) is 17.6 Å². The molecule has 2 aliphatic heterocycles. The number of amides is 1. The van der Waals surface area contributed by atoms with Crippen LogP contribution in [0.4, 0.5) is 5.82 Å². The molecule has 0 unspecified atom stereocenters. The number of aromatic amines is 1. The van der Waals surface area contributed by atoms with E-state index in [1.807, 2.05) is 4.90 Å². The third kappa shape index (κ3) is 2.77. The molecule has 1 spiro atoms. The maximum atomic E-state index is 12.4. The van der Waals surface area contributed by atoms with Crippen molar-refractivity contribution < 1.29 is 9.53 Å². The molecule has 2 N–H and O–H groups in total. The molecule has 0 bridgehead atoms. The number of hydrogen-bond acceptors (Lipinski definition) is 6. The minimum Gasteiger partial charge on any atom is -0.371 e. The van der Waals surface area contributed by atoms with Crippen molar-refractivity contribution in [1.82, 2.24) is 25.1 Å². The van der Waals surface area contributed by atoms with Crippen LogP contribution in [0.1, 0.15) is 23.3 Å². The van der Waals surface area contributed by atoms with Crippen molar-refractivity contribution in [1.29, 1.82) is 0 Å². The van der Waals surface area contributed by atoms with Gasteiger partial charge in [0.05, 0.1) is 31.0 Å². The average molecular weight is 314 g/mol. The smallest absolute Gasteiger partial charge is 0.271 e. The van der Waals surface area contributed by atoms with Gasteiger partial charge in [-0.25, -0.2) is 4.98 Å². The third-order valence-electron chi connectivity index (χ3n) is 4.46. The summed E-state index contributed by atoms with van der Waals surface area (Å²) in [7, 11) is 0. The second-order valence-corrected chi connectivity index (χ2v) is 6.08. The molecule has 0 radical (unpaired) electrons. The fraction of sp³-hybridized carbons (Fsp3) is 0.467. The fourth-order valence-corrected chi connectivity index (χ4v) is 3.37. The molecular formula is C15H18N6O2. The molecule has 120 valence electrons. The molecule has 2 aliphatic rings. The van der Waals surface area contributed by atoms with Crippen LogP contribution >= 0.6 is 0 Å². The first kappa shape index (κ1) is 14.1. The maximum Gasteiger partial charge on any atom is 0.271 e. The summed E-state index contributed by atoms with van der Waals surface area (Å²) in [6.07, 6.45) is 8.31. The van der Waals surface area contributed by atoms with Crippen molar-refractivity contribution in [3.05, 3.63) is 36.5 Å². The molecule has 1 amide bonds. The lowest BCUT2D eigenvalue weighted by molar-refractivity contribution is 0.0124. The van der Waals surface area contributed by atoms with E-state index in [4.69, 9.17) is 4.74 Å². The van der Waals surface area contributed by atoms with Crippen LogP contribution in [-0.2, 0) is 4.74 Å². The molecule has 0 saturated carbocycles. The molecule has 0 aromatic carbocycles. The van der Waals surface area contributed by atoms with Gasteiger partial charge in [-0.1, -0.05) is 0 Å². The monoisotopic (exact) mass is 314 g/mol. The molecular weight excluding hydrogens is 296 g/mol. The van der Waals surface area contributed by atoms with E-state index in [1.54, 1.807) is 30.9 Å². The SMILES string of the molecule is O=C(c1ccn[nH]1)N1CC[C@@]2(C[C@H](Nc3cnccn3)CO2)C1. The van der Waals surface area contributed by atoms with Gasteiger partial charge in [-0.15, -0.1) is 0 Å². The van der Waals surface area contributed by atoms with Gasteiger partial charge in [-0.2, -0.15) is 5.10 Å². The van der Waals surface area contributed by atoms with Gasteiger partial charge in [0.1, 0.15) is 11.5 Å². The number of aromatic nitrogens is 4. The van der Waals surface area contributed by atoms with E-state index in [2.05, 4.69) is 25.5 Å². The summed E-state index contributed by atoms with van der Waals surface area (Å²) >= 11 is 0. The Bertz CT molecular complexity index is 677. The number of nitrogens with zero attached hydrogens (tertiary/aromatic N) is 4. The van der Waals surface area contributed by atoms with Gasteiger partial charge in [-0.05, 0) is 12.5 Å². The molecule has 2 aromatic heterocycles. The zero-order chi connectivity index (χ0) is 15.7. The highest BCUT2D eigenvalue weighted by atomic mass is 16.5. The van der Waals surface area contributed by atoms with Crippen LogP contribution in [0, 0.1) is 0 Å². The minimum atomic E-state index is -0.254. The summed E-state index contributed by atoms with van der Waals surface area (Å²) in [6.45, 7) is 1.93. The summed E-state index contributed by atoms with van der Waals surface area (Å²) in [6, 6.07) is 1.88. The number of H-pyrrole nitrogens is 1. The third-order valence-corrected chi connectivity index (χ3v) is 4.46. The van der Waals surface area contributed by atoms with Crippen LogP contribution < -0.4 is 5.32 Å². The zero-order valence-corrected chi connectivity index (χ0v) is 12.6. The maximum absolute atomic E-state index is 12.4. The Kier molecular flexibility index (Phi) is 3.45. The standard InChI is InChI=1S/C15H18N6O2/c22-14(12-1-3-18-20-12)21-6-2-15(10-21)7-11(9-23-15)19-13-8-16-4-5-17-13/h1,3-5,8,11H,2,6-7,9-10H2,(H,17,19)(H,18,20)/t11-,15+/m0/s1. The van der Waals surface area contributed by atoms with Crippen LogP contribution in [0.2, 0.25) is 0 Å². The quantitative estimate of drug-likeness (QED) is 0.865. The molecule has 2 fully saturated rings. The average Bonchev–Trinajstić information content (AvgIpc) is 3.31. The summed E-state index contributed by atoms with van der Waals surface area (Å²) in [4.78, 5) is 22.5. The van der Waals surface area contributed by atoms with Gasteiger partial charge >= 0.3 is 0 Å². The van der Waals surface area contributed by atoms with Crippen molar-refractivity contribution in [2.24, 2.45) is 0 Å². The fourth-order valence-electron chi connectivity index (χ4n) is 3.37. The van der Waals surface area contributed by atoms with Crippen LogP contribution in [0.3, 0.4) is 0 Å². The molecule has 4 heterocycles.